The molecule has 3 heterocycles. The highest BCUT2D eigenvalue weighted by Crippen LogP contribution is 2.51. The van der Waals surface area contributed by atoms with Gasteiger partial charge in [0.05, 0.1) is 32.5 Å². The first-order valence-electron chi connectivity index (χ1n) is 11.3. The van der Waals surface area contributed by atoms with E-state index in [0.717, 1.165) is 33.9 Å². The van der Waals surface area contributed by atoms with Gasteiger partial charge in [0.25, 0.3) is 0 Å². The predicted octanol–water partition coefficient (Wildman–Crippen LogP) is 5.08. The standard InChI is InChI=1S/C27H26O6/c1-28-24-11-18(7-9-22(24)29-13-17-5-3-2-4-6-17)26-20-14-31-27(21(20)15-30-26)19-8-10-23-25(12-19)33-16-32-23/h2-12,20-21,26-27H,13-16H2,1H3/t20-,21-,26+,27+/m0/s1. The van der Waals surface area contributed by atoms with Gasteiger partial charge in [0.15, 0.2) is 23.0 Å². The summed E-state index contributed by atoms with van der Waals surface area (Å²) in [5.41, 5.74) is 3.31. The van der Waals surface area contributed by atoms with Crippen LogP contribution in [0.5, 0.6) is 23.0 Å². The SMILES string of the molecule is COc1cc([C@H]2OC[C@H]3[C@@H]2CO[C@@H]3c2ccc3c(c2)OCO3)ccc1OCc1ccccc1. The van der Waals surface area contributed by atoms with Gasteiger partial charge in [-0.2, -0.15) is 0 Å². The Labute approximate surface area is 192 Å². The zero-order valence-electron chi connectivity index (χ0n) is 18.4. The van der Waals surface area contributed by atoms with Crippen molar-refractivity contribution in [3.05, 3.63) is 83.4 Å². The lowest BCUT2D eigenvalue weighted by Crippen LogP contribution is -2.14. The number of hydrogen-bond donors (Lipinski definition) is 0. The van der Waals surface area contributed by atoms with Crippen molar-refractivity contribution in [1.29, 1.82) is 0 Å². The van der Waals surface area contributed by atoms with E-state index < -0.39 is 0 Å². The van der Waals surface area contributed by atoms with Crippen LogP contribution in [0.3, 0.4) is 0 Å². The minimum absolute atomic E-state index is 0.00938. The average Bonchev–Trinajstić information content (AvgIpc) is 3.59. The Hall–Kier alpha value is -3.22. The van der Waals surface area contributed by atoms with Crippen LogP contribution in [-0.2, 0) is 16.1 Å². The summed E-state index contributed by atoms with van der Waals surface area (Å²) in [4.78, 5) is 0. The van der Waals surface area contributed by atoms with Crippen molar-refractivity contribution in [2.75, 3.05) is 27.1 Å². The van der Waals surface area contributed by atoms with Gasteiger partial charge >= 0.3 is 0 Å². The number of methoxy groups -OCH3 is 1. The van der Waals surface area contributed by atoms with Gasteiger partial charge in [0.2, 0.25) is 6.79 Å². The molecule has 0 bridgehead atoms. The molecule has 0 spiro atoms. The van der Waals surface area contributed by atoms with E-state index in [4.69, 9.17) is 28.4 Å². The van der Waals surface area contributed by atoms with Gasteiger partial charge in [0, 0.05) is 11.8 Å². The van der Waals surface area contributed by atoms with Crippen LogP contribution in [0.1, 0.15) is 28.9 Å². The first-order valence-corrected chi connectivity index (χ1v) is 11.3. The van der Waals surface area contributed by atoms with E-state index in [1.54, 1.807) is 7.11 Å². The highest BCUT2D eigenvalue weighted by molar-refractivity contribution is 5.46. The van der Waals surface area contributed by atoms with Gasteiger partial charge in [-0.25, -0.2) is 0 Å². The third kappa shape index (κ3) is 3.79. The van der Waals surface area contributed by atoms with Crippen molar-refractivity contribution < 1.29 is 28.4 Å². The molecule has 3 aromatic carbocycles. The summed E-state index contributed by atoms with van der Waals surface area (Å²) < 4.78 is 35.2. The van der Waals surface area contributed by atoms with Crippen LogP contribution < -0.4 is 18.9 Å². The lowest BCUT2D eigenvalue weighted by atomic mass is 9.85. The van der Waals surface area contributed by atoms with Crippen LogP contribution in [0.15, 0.2) is 66.7 Å². The summed E-state index contributed by atoms with van der Waals surface area (Å²) in [6, 6.07) is 22.2. The molecule has 2 saturated heterocycles. The number of fused-ring (bicyclic) bond motifs is 2. The largest absolute Gasteiger partial charge is 0.493 e. The minimum atomic E-state index is -0.0360. The van der Waals surface area contributed by atoms with Crippen molar-refractivity contribution in [3.63, 3.8) is 0 Å². The number of hydrogen-bond acceptors (Lipinski definition) is 6. The molecule has 2 fully saturated rings. The van der Waals surface area contributed by atoms with E-state index in [0.29, 0.717) is 25.6 Å². The molecular weight excluding hydrogens is 420 g/mol. The number of rotatable bonds is 6. The summed E-state index contributed by atoms with van der Waals surface area (Å²) in [7, 11) is 1.67. The molecule has 0 saturated carbocycles. The molecule has 3 aliphatic heterocycles. The number of ether oxygens (including phenoxy) is 6. The molecule has 0 radical (unpaired) electrons. The van der Waals surface area contributed by atoms with Gasteiger partial charge in [-0.3, -0.25) is 0 Å². The van der Waals surface area contributed by atoms with E-state index in [1.165, 1.54) is 0 Å². The first-order chi connectivity index (χ1) is 16.3. The van der Waals surface area contributed by atoms with Crippen LogP contribution in [0.2, 0.25) is 0 Å². The first kappa shape index (κ1) is 20.4. The molecule has 0 N–H and O–H groups in total. The van der Waals surface area contributed by atoms with Gasteiger partial charge in [-0.1, -0.05) is 42.5 Å². The quantitative estimate of drug-likeness (QED) is 0.527. The zero-order valence-corrected chi connectivity index (χ0v) is 18.4. The normalized spacial score (nSPS) is 25.1. The Balaban J connectivity index is 1.18. The predicted molar refractivity (Wildman–Crippen MR) is 121 cm³/mol. The number of benzene rings is 3. The van der Waals surface area contributed by atoms with Gasteiger partial charge < -0.3 is 28.4 Å². The molecule has 0 aliphatic carbocycles. The smallest absolute Gasteiger partial charge is 0.231 e. The molecule has 3 aliphatic rings. The van der Waals surface area contributed by atoms with Crippen molar-refractivity contribution in [1.82, 2.24) is 0 Å². The van der Waals surface area contributed by atoms with Gasteiger partial charge in [-0.05, 0) is 41.0 Å². The lowest BCUT2D eigenvalue weighted by Gasteiger charge is -2.19. The topological polar surface area (TPSA) is 55.4 Å². The van der Waals surface area contributed by atoms with E-state index in [1.807, 2.05) is 54.6 Å². The maximum atomic E-state index is 6.29. The van der Waals surface area contributed by atoms with E-state index in [-0.39, 0.29) is 30.8 Å². The van der Waals surface area contributed by atoms with Crippen molar-refractivity contribution in [2.24, 2.45) is 11.8 Å². The van der Waals surface area contributed by atoms with Crippen molar-refractivity contribution >= 4 is 0 Å². The summed E-state index contributed by atoms with van der Waals surface area (Å²) in [5, 5.41) is 0. The van der Waals surface area contributed by atoms with Crippen LogP contribution in [0.25, 0.3) is 0 Å². The fraction of sp³-hybridized carbons (Fsp3) is 0.333. The monoisotopic (exact) mass is 446 g/mol. The van der Waals surface area contributed by atoms with Crippen molar-refractivity contribution in [3.8, 4) is 23.0 Å². The van der Waals surface area contributed by atoms with Crippen LogP contribution >= 0.6 is 0 Å². The van der Waals surface area contributed by atoms with E-state index in [9.17, 15) is 0 Å². The highest BCUT2D eigenvalue weighted by atomic mass is 16.7. The molecule has 0 unspecified atom stereocenters. The van der Waals surface area contributed by atoms with E-state index >= 15 is 0 Å². The van der Waals surface area contributed by atoms with Gasteiger partial charge in [-0.15, -0.1) is 0 Å². The second kappa shape index (κ2) is 8.61. The Kier molecular flexibility index (Phi) is 5.32. The van der Waals surface area contributed by atoms with Crippen LogP contribution in [0.4, 0.5) is 0 Å². The van der Waals surface area contributed by atoms with Crippen molar-refractivity contribution in [2.45, 2.75) is 18.8 Å². The van der Waals surface area contributed by atoms with E-state index in [2.05, 4.69) is 12.1 Å². The molecule has 6 nitrogen and oxygen atoms in total. The molecule has 6 rings (SSSR count). The molecular formula is C27H26O6. The second-order valence-corrected chi connectivity index (χ2v) is 8.63. The Morgan fingerprint density at radius 2 is 1.45 bits per heavy atom. The Bertz CT molecular complexity index is 1130. The minimum Gasteiger partial charge on any atom is -0.493 e. The maximum Gasteiger partial charge on any atom is 0.231 e. The molecule has 3 aromatic rings. The average molecular weight is 446 g/mol. The summed E-state index contributed by atoms with van der Waals surface area (Å²) in [6.07, 6.45) is -0.0454. The Morgan fingerprint density at radius 3 is 2.21 bits per heavy atom. The molecule has 4 atom stereocenters. The lowest BCUT2D eigenvalue weighted by molar-refractivity contribution is 0.0191. The second-order valence-electron chi connectivity index (χ2n) is 8.63. The van der Waals surface area contributed by atoms with Crippen LogP contribution in [-0.4, -0.2) is 27.1 Å². The summed E-state index contributed by atoms with van der Waals surface area (Å²) >= 11 is 0. The molecule has 0 amide bonds. The zero-order chi connectivity index (χ0) is 22.2. The highest BCUT2D eigenvalue weighted by Gasteiger charge is 2.48. The molecule has 0 aromatic heterocycles. The third-order valence-corrected chi connectivity index (χ3v) is 6.74. The summed E-state index contributed by atoms with van der Waals surface area (Å²) in [6.45, 7) is 2.08. The molecule has 33 heavy (non-hydrogen) atoms. The third-order valence-electron chi connectivity index (χ3n) is 6.74. The fourth-order valence-electron chi connectivity index (χ4n) is 5.04. The molecule has 6 heteroatoms. The maximum absolute atomic E-state index is 6.29. The van der Waals surface area contributed by atoms with Crippen LogP contribution in [0, 0.1) is 11.8 Å². The molecule has 170 valence electrons. The summed E-state index contributed by atoms with van der Waals surface area (Å²) in [5.74, 6) is 3.57. The fourth-order valence-corrected chi connectivity index (χ4v) is 5.04. The Morgan fingerprint density at radius 1 is 0.758 bits per heavy atom. The van der Waals surface area contributed by atoms with Gasteiger partial charge in [0.1, 0.15) is 6.61 Å².